The molecule has 0 saturated carbocycles. The fraction of sp³-hybridized carbons (Fsp3) is 0. The average molecular weight is 271 g/mol. The standard InChI is InChI=1S/C6H4ClFIN/c7-5-4(10)2-1-3(9)6(5)8/h1-2H,10H2. The molecule has 0 spiro atoms. The SMILES string of the molecule is Nc1ccc(I)c(F)c1Cl. The van der Waals surface area contributed by atoms with E-state index in [1.807, 2.05) is 22.6 Å². The quantitative estimate of drug-likeness (QED) is 0.438. The average Bonchev–Trinajstić information content (AvgIpc) is 1.93. The van der Waals surface area contributed by atoms with Crippen molar-refractivity contribution in [1.82, 2.24) is 0 Å². The Morgan fingerprint density at radius 1 is 1.50 bits per heavy atom. The van der Waals surface area contributed by atoms with Crippen LogP contribution in [0.25, 0.3) is 0 Å². The summed E-state index contributed by atoms with van der Waals surface area (Å²) in [6.07, 6.45) is 0. The smallest absolute Gasteiger partial charge is 0.157 e. The van der Waals surface area contributed by atoms with Crippen molar-refractivity contribution in [2.75, 3.05) is 5.73 Å². The number of benzene rings is 1. The molecule has 0 unspecified atom stereocenters. The van der Waals surface area contributed by atoms with Crippen LogP contribution < -0.4 is 5.73 Å². The maximum absolute atomic E-state index is 12.8. The Balaban J connectivity index is 3.34. The molecule has 0 fully saturated rings. The Labute approximate surface area is 76.5 Å². The van der Waals surface area contributed by atoms with E-state index in [9.17, 15) is 4.39 Å². The molecule has 54 valence electrons. The lowest BCUT2D eigenvalue weighted by Gasteiger charge is -1.99. The molecule has 2 N–H and O–H groups in total. The van der Waals surface area contributed by atoms with E-state index in [-0.39, 0.29) is 10.7 Å². The van der Waals surface area contributed by atoms with Gasteiger partial charge in [0.25, 0.3) is 0 Å². The summed E-state index contributed by atoms with van der Waals surface area (Å²) < 4.78 is 13.3. The number of rotatable bonds is 0. The van der Waals surface area contributed by atoms with E-state index in [1.165, 1.54) is 0 Å². The summed E-state index contributed by atoms with van der Waals surface area (Å²) in [6, 6.07) is 3.16. The Morgan fingerprint density at radius 2 is 2.10 bits per heavy atom. The van der Waals surface area contributed by atoms with Crippen molar-refractivity contribution in [3.8, 4) is 0 Å². The van der Waals surface area contributed by atoms with E-state index in [2.05, 4.69) is 0 Å². The van der Waals surface area contributed by atoms with Crippen molar-refractivity contribution in [2.24, 2.45) is 0 Å². The van der Waals surface area contributed by atoms with Gasteiger partial charge in [0.2, 0.25) is 0 Å². The number of nitrogen functional groups attached to an aromatic ring is 1. The molecule has 0 aliphatic rings. The minimum absolute atomic E-state index is 0.00639. The first-order chi connectivity index (χ1) is 4.63. The maximum atomic E-state index is 12.8. The van der Waals surface area contributed by atoms with Crippen LogP contribution in [0.5, 0.6) is 0 Å². The van der Waals surface area contributed by atoms with Crippen LogP contribution in [0.3, 0.4) is 0 Å². The monoisotopic (exact) mass is 271 g/mol. The van der Waals surface area contributed by atoms with Gasteiger partial charge in [0.1, 0.15) is 5.02 Å². The largest absolute Gasteiger partial charge is 0.397 e. The fourth-order valence-electron chi connectivity index (χ4n) is 0.541. The number of hydrogen-bond acceptors (Lipinski definition) is 1. The molecule has 0 aliphatic heterocycles. The van der Waals surface area contributed by atoms with Gasteiger partial charge in [0.05, 0.1) is 9.26 Å². The van der Waals surface area contributed by atoms with Crippen molar-refractivity contribution < 1.29 is 4.39 Å². The summed E-state index contributed by atoms with van der Waals surface area (Å²) in [5.74, 6) is -0.442. The van der Waals surface area contributed by atoms with Crippen LogP contribution in [0, 0.1) is 9.39 Å². The minimum Gasteiger partial charge on any atom is -0.397 e. The summed E-state index contributed by atoms with van der Waals surface area (Å²) in [5.41, 5.74) is 5.59. The van der Waals surface area contributed by atoms with Crippen LogP contribution in [0.2, 0.25) is 5.02 Å². The van der Waals surface area contributed by atoms with Crippen molar-refractivity contribution in [3.05, 3.63) is 26.5 Å². The first-order valence-corrected chi connectivity index (χ1v) is 3.97. The van der Waals surface area contributed by atoms with Gasteiger partial charge in [-0.05, 0) is 34.7 Å². The summed E-state index contributed by atoms with van der Waals surface area (Å²) in [4.78, 5) is 0. The highest BCUT2D eigenvalue weighted by molar-refractivity contribution is 14.1. The second-order valence-electron chi connectivity index (χ2n) is 1.76. The lowest BCUT2D eigenvalue weighted by Crippen LogP contribution is -1.90. The molecule has 1 rings (SSSR count). The molecule has 10 heavy (non-hydrogen) atoms. The zero-order chi connectivity index (χ0) is 7.72. The Kier molecular flexibility index (Phi) is 2.36. The Hall–Kier alpha value is -0.0300. The van der Waals surface area contributed by atoms with E-state index in [1.54, 1.807) is 12.1 Å². The van der Waals surface area contributed by atoms with Crippen molar-refractivity contribution in [3.63, 3.8) is 0 Å². The van der Waals surface area contributed by atoms with Crippen LogP contribution in [0.15, 0.2) is 12.1 Å². The van der Waals surface area contributed by atoms with Crippen molar-refractivity contribution in [1.29, 1.82) is 0 Å². The van der Waals surface area contributed by atoms with Gasteiger partial charge >= 0.3 is 0 Å². The summed E-state index contributed by atoms with van der Waals surface area (Å²) in [7, 11) is 0. The highest BCUT2D eigenvalue weighted by Crippen LogP contribution is 2.25. The second-order valence-corrected chi connectivity index (χ2v) is 3.30. The molecule has 0 amide bonds. The van der Waals surface area contributed by atoms with Crippen LogP contribution >= 0.6 is 34.2 Å². The molecule has 0 heterocycles. The Bertz CT molecular complexity index is 237. The number of halogens is 3. The van der Waals surface area contributed by atoms with Crippen LogP contribution in [0.1, 0.15) is 0 Å². The lowest BCUT2D eigenvalue weighted by molar-refractivity contribution is 0.621. The van der Waals surface area contributed by atoms with Crippen molar-refractivity contribution >= 4 is 39.9 Å². The molecule has 1 aromatic rings. The molecule has 0 atom stereocenters. The van der Waals surface area contributed by atoms with Gasteiger partial charge in [0, 0.05) is 0 Å². The first kappa shape index (κ1) is 8.07. The highest BCUT2D eigenvalue weighted by atomic mass is 127. The second kappa shape index (κ2) is 2.92. The molecule has 0 radical (unpaired) electrons. The summed E-state index contributed by atoms with van der Waals surface area (Å²) in [6.45, 7) is 0. The van der Waals surface area contributed by atoms with E-state index in [0.717, 1.165) is 0 Å². The highest BCUT2D eigenvalue weighted by Gasteiger charge is 2.06. The number of anilines is 1. The lowest BCUT2D eigenvalue weighted by atomic mass is 10.3. The maximum Gasteiger partial charge on any atom is 0.157 e. The number of hydrogen-bond donors (Lipinski definition) is 1. The number of nitrogens with two attached hydrogens (primary N) is 1. The topological polar surface area (TPSA) is 26.0 Å². The third-order valence-electron chi connectivity index (χ3n) is 1.07. The molecular weight excluding hydrogens is 267 g/mol. The molecule has 0 saturated heterocycles. The molecule has 1 nitrogen and oxygen atoms in total. The fourth-order valence-corrected chi connectivity index (χ4v) is 1.31. The molecular formula is C6H4ClFIN. The van der Waals surface area contributed by atoms with Crippen LogP contribution in [0.4, 0.5) is 10.1 Å². The third-order valence-corrected chi connectivity index (χ3v) is 2.28. The van der Waals surface area contributed by atoms with Gasteiger partial charge in [-0.25, -0.2) is 4.39 Å². The van der Waals surface area contributed by atoms with E-state index in [4.69, 9.17) is 17.3 Å². The minimum atomic E-state index is -0.442. The summed E-state index contributed by atoms with van der Waals surface area (Å²) in [5, 5.41) is 0.00639. The third kappa shape index (κ3) is 1.34. The predicted molar refractivity (Wildman–Crippen MR) is 48.5 cm³/mol. The van der Waals surface area contributed by atoms with Crippen molar-refractivity contribution in [2.45, 2.75) is 0 Å². The molecule has 0 bridgehead atoms. The van der Waals surface area contributed by atoms with Gasteiger partial charge in [0.15, 0.2) is 5.82 Å². The summed E-state index contributed by atoms with van der Waals surface area (Å²) >= 11 is 7.33. The predicted octanol–water partition coefficient (Wildman–Crippen LogP) is 2.67. The molecule has 1 aromatic carbocycles. The molecule has 4 heteroatoms. The zero-order valence-corrected chi connectivity index (χ0v) is 7.78. The first-order valence-electron chi connectivity index (χ1n) is 2.52. The van der Waals surface area contributed by atoms with Gasteiger partial charge in [-0.2, -0.15) is 0 Å². The molecule has 0 aliphatic carbocycles. The van der Waals surface area contributed by atoms with Crippen LogP contribution in [-0.4, -0.2) is 0 Å². The van der Waals surface area contributed by atoms with E-state index < -0.39 is 5.82 Å². The normalized spacial score (nSPS) is 9.90. The van der Waals surface area contributed by atoms with Gasteiger partial charge in [-0.3, -0.25) is 0 Å². The van der Waals surface area contributed by atoms with Gasteiger partial charge in [-0.1, -0.05) is 11.6 Å². The van der Waals surface area contributed by atoms with Gasteiger partial charge < -0.3 is 5.73 Å². The van der Waals surface area contributed by atoms with Gasteiger partial charge in [-0.15, -0.1) is 0 Å². The molecule has 0 aromatic heterocycles. The van der Waals surface area contributed by atoms with E-state index >= 15 is 0 Å². The zero-order valence-electron chi connectivity index (χ0n) is 4.87. The van der Waals surface area contributed by atoms with E-state index in [0.29, 0.717) is 3.57 Å². The Morgan fingerprint density at radius 3 is 2.60 bits per heavy atom. The van der Waals surface area contributed by atoms with Crippen LogP contribution in [-0.2, 0) is 0 Å².